The molecule has 0 atom stereocenters. The quantitative estimate of drug-likeness (QED) is 0.137. The Labute approximate surface area is 647 Å². The van der Waals surface area contributed by atoms with E-state index in [1.54, 1.807) is 0 Å². The molecule has 0 aliphatic carbocycles. The third kappa shape index (κ3) is 22.8. The van der Waals surface area contributed by atoms with Crippen LogP contribution in [0, 0.1) is 0 Å². The number of benzene rings is 4. The fraction of sp³-hybridized carbons (Fsp3) is 0.600. The molecule has 3 aromatic heterocycles. The first-order valence-electron chi connectivity index (χ1n) is 39.2. The maximum absolute atomic E-state index is 6.85. The predicted octanol–water partition coefficient (Wildman–Crippen LogP) is 24.0. The summed E-state index contributed by atoms with van der Waals surface area (Å²) in [6.45, 7) is 4.46. The van der Waals surface area contributed by atoms with Crippen LogP contribution in [-0.2, 0) is 0 Å². The van der Waals surface area contributed by atoms with Gasteiger partial charge in [0.15, 0.2) is 69.3 Å². The van der Waals surface area contributed by atoms with E-state index in [1.807, 2.05) is 86.4 Å². The molecule has 7 aromatic rings. The van der Waals surface area contributed by atoms with Crippen LogP contribution in [0.15, 0.2) is 48.5 Å². The first kappa shape index (κ1) is 77.6. The second kappa shape index (κ2) is 43.0. The Balaban J connectivity index is 1.02. The van der Waals surface area contributed by atoms with E-state index in [-0.39, 0.29) is 0 Å². The average molecular weight is 1560 g/mol. The first-order chi connectivity index (χ1) is 51.7. The zero-order valence-electron chi connectivity index (χ0n) is 60.8. The molecule has 16 nitrogen and oxygen atoms in total. The van der Waals surface area contributed by atoms with Crippen LogP contribution in [0.3, 0.4) is 0 Å². The standard InChI is InChI=1S/C80H106N8O8S8/c1-9-25-41-97-98-42-26-10-2-18-34-90-66-50-58-57(49-65(66)89-33-17-1)73-81-74(58)86-76-61-53-69-70(94-38-22-6-14-30-46-102-101-45-29-13-5-21-37-93-69)54-62(61)78(83-76)88-80-64-56-72-71(95-39-23-7-15-31-47-103-104-48-32-16-8-24-40-96-72)55-63(64)79(84-80)87-77-60-52-68-67(51-59(60)75(82-77)85-73)91-35-19-3-11-27-43-99-100-44-28-12-4-20-36-92-68/h49-56H,1-48H2,(H2,81,82,83,84,85,86,87,88). The van der Waals surface area contributed by atoms with Gasteiger partial charge in [-0.2, -0.15) is 0 Å². The average Bonchev–Trinajstić information content (AvgIpc) is 1.59. The van der Waals surface area contributed by atoms with Gasteiger partial charge in [0.05, 0.1) is 52.9 Å². The lowest BCUT2D eigenvalue weighted by Gasteiger charge is -2.15. The topological polar surface area (TPSA) is 183 Å². The van der Waals surface area contributed by atoms with Gasteiger partial charge in [-0.1, -0.05) is 189 Å². The van der Waals surface area contributed by atoms with Crippen LogP contribution < -0.4 is 37.9 Å². The summed E-state index contributed by atoms with van der Waals surface area (Å²) in [4.78, 5) is 41.1. The van der Waals surface area contributed by atoms with Crippen LogP contribution in [0.1, 0.15) is 205 Å². The Bertz CT molecular complexity index is 3780. The summed E-state index contributed by atoms with van der Waals surface area (Å²) in [5.41, 5.74) is 5.32. The van der Waals surface area contributed by atoms with E-state index in [9.17, 15) is 0 Å². The molecule has 9 heterocycles. The van der Waals surface area contributed by atoms with Crippen molar-refractivity contribution in [2.45, 2.75) is 205 Å². The molecule has 562 valence electrons. The molecule has 0 radical (unpaired) electrons. The number of ether oxygens (including phenoxy) is 8. The van der Waals surface area contributed by atoms with Gasteiger partial charge in [-0.05, 0) is 151 Å². The number of rotatable bonds is 0. The summed E-state index contributed by atoms with van der Waals surface area (Å²) in [7, 11) is 16.2. The number of hydrogen-bond donors (Lipinski definition) is 2. The van der Waals surface area contributed by atoms with Gasteiger partial charge in [-0.15, -0.1) is 0 Å². The lowest BCUT2D eigenvalue weighted by Crippen LogP contribution is -2.04. The number of fused-ring (bicyclic) bond motifs is 24. The van der Waals surface area contributed by atoms with Gasteiger partial charge in [0.1, 0.15) is 22.6 Å². The molecule has 0 fully saturated rings. The summed E-state index contributed by atoms with van der Waals surface area (Å²) in [6.07, 6.45) is 35.2. The van der Waals surface area contributed by atoms with E-state index >= 15 is 0 Å². The van der Waals surface area contributed by atoms with Crippen molar-refractivity contribution in [1.82, 2.24) is 39.9 Å². The van der Waals surface area contributed by atoms with Crippen molar-refractivity contribution in [1.29, 1.82) is 0 Å². The molecule has 4 aromatic carbocycles. The molecular weight excluding hydrogens is 1460 g/mol. The number of nitrogens with zero attached hydrogens (tertiary/aromatic N) is 6. The van der Waals surface area contributed by atoms with Crippen molar-refractivity contribution in [2.75, 3.05) is 98.9 Å². The van der Waals surface area contributed by atoms with E-state index in [4.69, 9.17) is 67.8 Å². The summed E-state index contributed by atoms with van der Waals surface area (Å²) in [6, 6.07) is 16.7. The van der Waals surface area contributed by atoms with E-state index in [0.717, 1.165) is 147 Å². The zero-order chi connectivity index (χ0) is 70.4. The van der Waals surface area contributed by atoms with E-state index < -0.39 is 0 Å². The van der Waals surface area contributed by atoms with Crippen molar-refractivity contribution in [3.05, 3.63) is 48.5 Å². The fourth-order valence-corrected chi connectivity index (χ4v) is 22.8. The fourth-order valence-electron chi connectivity index (χ4n) is 13.6. The minimum absolute atomic E-state index is 0.442. The molecule has 6 aliphatic heterocycles. The molecule has 13 rings (SSSR count). The predicted molar refractivity (Wildman–Crippen MR) is 447 cm³/mol. The highest BCUT2D eigenvalue weighted by atomic mass is 33.1. The second-order valence-corrected chi connectivity index (χ2v) is 38.5. The van der Waals surface area contributed by atoms with E-state index in [2.05, 4.69) is 58.5 Å². The van der Waals surface area contributed by atoms with Gasteiger partial charge in [-0.3, -0.25) is 0 Å². The van der Waals surface area contributed by atoms with Crippen LogP contribution in [0.2, 0.25) is 0 Å². The minimum Gasteiger partial charge on any atom is -0.490 e. The van der Waals surface area contributed by atoms with Crippen molar-refractivity contribution in [2.24, 2.45) is 0 Å². The number of hydrogen-bond acceptors (Lipinski definition) is 22. The largest absolute Gasteiger partial charge is 0.490 e. The van der Waals surface area contributed by atoms with Gasteiger partial charge in [-0.25, -0.2) is 29.9 Å². The Morgan fingerprint density at radius 1 is 0.192 bits per heavy atom. The Hall–Kier alpha value is -4.56. The first-order valence-corrected chi connectivity index (χ1v) is 49.2. The summed E-state index contributed by atoms with van der Waals surface area (Å²) >= 11 is 0. The monoisotopic (exact) mass is 1560 g/mol. The number of H-pyrrole nitrogens is 2. The minimum atomic E-state index is 0.442. The van der Waals surface area contributed by atoms with Crippen LogP contribution in [0.4, 0.5) is 0 Å². The van der Waals surface area contributed by atoms with Crippen molar-refractivity contribution in [3.63, 3.8) is 0 Å². The molecule has 2 N–H and O–H groups in total. The van der Waals surface area contributed by atoms with Crippen LogP contribution in [0.5, 0.6) is 46.0 Å². The maximum atomic E-state index is 6.85. The van der Waals surface area contributed by atoms with Crippen molar-refractivity contribution < 1.29 is 37.9 Å². The molecule has 0 unspecified atom stereocenters. The van der Waals surface area contributed by atoms with Gasteiger partial charge >= 0.3 is 0 Å². The highest BCUT2D eigenvalue weighted by Crippen LogP contribution is 2.47. The van der Waals surface area contributed by atoms with Gasteiger partial charge in [0.25, 0.3) is 0 Å². The smallest absolute Gasteiger partial charge is 0.164 e. The maximum Gasteiger partial charge on any atom is 0.164 e. The summed E-state index contributed by atoms with van der Waals surface area (Å²) < 4.78 is 54.8. The summed E-state index contributed by atoms with van der Waals surface area (Å²) in [5.74, 6) is 16.6. The molecule has 0 spiro atoms. The van der Waals surface area contributed by atoms with Crippen LogP contribution in [0.25, 0.3) is 89.7 Å². The molecule has 8 bridgehead atoms. The lowest BCUT2D eigenvalue weighted by atomic mass is 10.1. The van der Waals surface area contributed by atoms with Gasteiger partial charge in [0.2, 0.25) is 0 Å². The Kier molecular flexibility index (Phi) is 32.1. The molecular formula is C80H106N8O8S8. The second-order valence-electron chi connectivity index (χ2n) is 27.7. The van der Waals surface area contributed by atoms with E-state index in [0.29, 0.717) is 145 Å². The SMILES string of the molecule is c1c2c(cc3c1-c1nc4nc(nc5[nH]c(nc6[nH]c(nc-3n1)c1cc3c(cc61)OCCCCCCSSCCCCCCO3)c1cc3c(cc51)OCCCCCCSSCCCCCCO3)-c1cc3c(cc1-4)OCCCCCCSSCCCCCCO3)OCCCCCCSSCCCCCCO2. The Morgan fingerprint density at radius 2 is 0.365 bits per heavy atom. The molecule has 0 amide bonds. The molecule has 104 heavy (non-hydrogen) atoms. The Morgan fingerprint density at radius 3 is 0.577 bits per heavy atom. The number of nitrogens with one attached hydrogen (secondary N) is 2. The highest BCUT2D eigenvalue weighted by Gasteiger charge is 2.29. The molecule has 0 saturated carbocycles. The van der Waals surface area contributed by atoms with Crippen molar-refractivity contribution >= 4 is 130 Å². The highest BCUT2D eigenvalue weighted by molar-refractivity contribution is 8.77. The van der Waals surface area contributed by atoms with Crippen molar-refractivity contribution in [3.8, 4) is 91.5 Å². The van der Waals surface area contributed by atoms with Crippen LogP contribution in [-0.4, -0.2) is 139 Å². The van der Waals surface area contributed by atoms with Gasteiger partial charge in [0, 0.05) is 89.8 Å². The normalized spacial score (nSPS) is 19.5. The number of aromatic amines is 2. The lowest BCUT2D eigenvalue weighted by molar-refractivity contribution is 0.259. The third-order valence-electron chi connectivity index (χ3n) is 19.5. The number of aromatic nitrogens is 8. The molecule has 6 aliphatic rings. The summed E-state index contributed by atoms with van der Waals surface area (Å²) in [5, 5.41) is 3.25. The third-order valence-corrected chi connectivity index (χ3v) is 29.8. The zero-order valence-corrected chi connectivity index (χ0v) is 67.3. The van der Waals surface area contributed by atoms with Crippen LogP contribution >= 0.6 is 86.4 Å². The molecule has 24 heteroatoms. The molecule has 0 saturated heterocycles. The van der Waals surface area contributed by atoms with Gasteiger partial charge < -0.3 is 47.9 Å². The van der Waals surface area contributed by atoms with E-state index in [1.165, 1.54) is 149 Å².